The lowest BCUT2D eigenvalue weighted by molar-refractivity contribution is 0.101. The molecule has 0 aliphatic carbocycles. The average Bonchev–Trinajstić information content (AvgIpc) is 2.66. The lowest BCUT2D eigenvalue weighted by Crippen LogP contribution is -2.04. The Bertz CT molecular complexity index is 543. The summed E-state index contributed by atoms with van der Waals surface area (Å²) < 4.78 is 11.9. The minimum atomic E-state index is 0.00282. The zero-order chi connectivity index (χ0) is 19.9. The number of carbonyl (C=O) groups is 1. The van der Waals surface area contributed by atoms with E-state index in [0.717, 1.165) is 10.9 Å². The molecule has 154 valence electrons. The molecule has 0 bridgehead atoms. The Kier molecular flexibility index (Phi) is 13.3. The largest absolute Gasteiger partial charge is 0.495 e. The number of Topliss-reactive ketones (excluding diaryl/α,β-unsaturated/α-hetero) is 1. The number of halogens is 1. The number of unbranched alkanes of at least 4 members (excludes halogenated alkanes) is 11. The van der Waals surface area contributed by atoms with Crippen LogP contribution in [0.3, 0.4) is 0 Å². The summed E-state index contributed by atoms with van der Waals surface area (Å²) in [5.74, 6) is 1.30. The van der Waals surface area contributed by atoms with Crippen LogP contribution in [0.4, 0.5) is 0 Å². The molecule has 0 spiro atoms. The van der Waals surface area contributed by atoms with E-state index in [-0.39, 0.29) is 5.78 Å². The van der Waals surface area contributed by atoms with Gasteiger partial charge in [0.2, 0.25) is 0 Å². The van der Waals surface area contributed by atoms with Gasteiger partial charge in [0, 0.05) is 6.07 Å². The van der Waals surface area contributed by atoms with Crippen molar-refractivity contribution in [3.63, 3.8) is 0 Å². The van der Waals surface area contributed by atoms with E-state index >= 15 is 0 Å². The Morgan fingerprint density at radius 1 is 0.852 bits per heavy atom. The second kappa shape index (κ2) is 15.0. The van der Waals surface area contributed by atoms with Gasteiger partial charge in [-0.05, 0) is 35.3 Å². The molecule has 1 aromatic rings. The summed E-state index contributed by atoms with van der Waals surface area (Å²) in [7, 11) is 1.61. The molecule has 1 aromatic carbocycles. The molecule has 0 heterocycles. The smallest absolute Gasteiger partial charge is 0.163 e. The first-order valence-electron chi connectivity index (χ1n) is 10.6. The third kappa shape index (κ3) is 10.2. The standard InChI is InChI=1S/C23H37BrO3/c1-4-5-6-7-8-9-10-11-12-13-14-15-16-27-22-18-23(26-3)21(24)17-20(22)19(2)25/h17-18H,4-16H2,1-3H3. The number of ether oxygens (including phenoxy) is 2. The van der Waals surface area contributed by atoms with Gasteiger partial charge in [-0.15, -0.1) is 0 Å². The molecule has 0 saturated carbocycles. The van der Waals surface area contributed by atoms with Crippen molar-refractivity contribution in [2.24, 2.45) is 0 Å². The van der Waals surface area contributed by atoms with Gasteiger partial charge >= 0.3 is 0 Å². The normalized spacial score (nSPS) is 10.8. The molecule has 0 fully saturated rings. The third-order valence-corrected chi connectivity index (χ3v) is 5.51. The maximum absolute atomic E-state index is 11.8. The highest BCUT2D eigenvalue weighted by molar-refractivity contribution is 9.10. The van der Waals surface area contributed by atoms with Crippen molar-refractivity contribution in [2.75, 3.05) is 13.7 Å². The lowest BCUT2D eigenvalue weighted by atomic mass is 10.1. The monoisotopic (exact) mass is 440 g/mol. The van der Waals surface area contributed by atoms with Crippen LogP contribution >= 0.6 is 15.9 Å². The predicted molar refractivity (Wildman–Crippen MR) is 117 cm³/mol. The SMILES string of the molecule is CCCCCCCCCCCCCCOc1cc(OC)c(Br)cc1C(C)=O. The maximum atomic E-state index is 11.8. The quantitative estimate of drug-likeness (QED) is 0.194. The van der Waals surface area contributed by atoms with Gasteiger partial charge in [-0.2, -0.15) is 0 Å². The van der Waals surface area contributed by atoms with Crippen LogP contribution in [0.15, 0.2) is 16.6 Å². The van der Waals surface area contributed by atoms with E-state index in [1.807, 2.05) is 0 Å². The van der Waals surface area contributed by atoms with Crippen molar-refractivity contribution in [3.05, 3.63) is 22.2 Å². The highest BCUT2D eigenvalue weighted by Gasteiger charge is 2.13. The number of methoxy groups -OCH3 is 1. The summed E-state index contributed by atoms with van der Waals surface area (Å²) in [6.07, 6.45) is 15.9. The Morgan fingerprint density at radius 2 is 1.37 bits per heavy atom. The minimum absolute atomic E-state index is 0.00282. The van der Waals surface area contributed by atoms with E-state index in [2.05, 4.69) is 22.9 Å². The fraction of sp³-hybridized carbons (Fsp3) is 0.696. The topological polar surface area (TPSA) is 35.5 Å². The fourth-order valence-corrected chi connectivity index (χ4v) is 3.72. The van der Waals surface area contributed by atoms with Crippen molar-refractivity contribution in [2.45, 2.75) is 90.9 Å². The molecule has 0 unspecified atom stereocenters. The second-order valence-corrected chi connectivity index (χ2v) is 8.13. The van der Waals surface area contributed by atoms with E-state index < -0.39 is 0 Å². The Hall–Kier alpha value is -1.03. The number of benzene rings is 1. The first kappa shape index (κ1) is 24.0. The van der Waals surface area contributed by atoms with Gasteiger partial charge in [0.05, 0.1) is 23.8 Å². The summed E-state index contributed by atoms with van der Waals surface area (Å²) in [5.41, 5.74) is 0.599. The molecule has 0 aromatic heterocycles. The fourth-order valence-electron chi connectivity index (χ4n) is 3.21. The van der Waals surface area contributed by atoms with Crippen LogP contribution in [0.5, 0.6) is 11.5 Å². The summed E-state index contributed by atoms with van der Waals surface area (Å²) >= 11 is 3.42. The number of rotatable bonds is 16. The van der Waals surface area contributed by atoms with Gasteiger partial charge in [0.1, 0.15) is 11.5 Å². The van der Waals surface area contributed by atoms with E-state index in [0.29, 0.717) is 23.7 Å². The first-order chi connectivity index (χ1) is 13.1. The van der Waals surface area contributed by atoms with Gasteiger partial charge in [-0.3, -0.25) is 4.79 Å². The van der Waals surface area contributed by atoms with Gasteiger partial charge < -0.3 is 9.47 Å². The lowest BCUT2D eigenvalue weighted by Gasteiger charge is -2.13. The van der Waals surface area contributed by atoms with E-state index in [1.54, 1.807) is 26.2 Å². The molecule has 0 aliphatic rings. The maximum Gasteiger partial charge on any atom is 0.163 e. The Labute approximate surface area is 174 Å². The van der Waals surface area contributed by atoms with E-state index in [1.165, 1.54) is 70.6 Å². The van der Waals surface area contributed by atoms with Crippen LogP contribution in [0.2, 0.25) is 0 Å². The molecule has 0 atom stereocenters. The molecule has 0 amide bonds. The molecule has 0 radical (unpaired) electrons. The number of ketones is 1. The molecule has 0 saturated heterocycles. The van der Waals surface area contributed by atoms with Crippen LogP contribution in [-0.4, -0.2) is 19.5 Å². The van der Waals surface area contributed by atoms with Gasteiger partial charge in [-0.25, -0.2) is 0 Å². The van der Waals surface area contributed by atoms with Crippen LogP contribution in [-0.2, 0) is 0 Å². The summed E-state index contributed by atoms with van der Waals surface area (Å²) in [6, 6.07) is 3.57. The zero-order valence-corrected chi connectivity index (χ0v) is 19.0. The Balaban J connectivity index is 2.14. The predicted octanol–water partition coefficient (Wildman–Crippen LogP) is 7.74. The highest BCUT2D eigenvalue weighted by atomic mass is 79.9. The van der Waals surface area contributed by atoms with Crippen molar-refractivity contribution in [1.82, 2.24) is 0 Å². The Morgan fingerprint density at radius 3 is 1.85 bits per heavy atom. The van der Waals surface area contributed by atoms with Crippen LogP contribution < -0.4 is 9.47 Å². The van der Waals surface area contributed by atoms with Crippen molar-refractivity contribution in [1.29, 1.82) is 0 Å². The number of hydrogen-bond acceptors (Lipinski definition) is 3. The molecular formula is C23H37BrO3. The van der Waals surface area contributed by atoms with Crippen LogP contribution in [0.1, 0.15) is 101 Å². The van der Waals surface area contributed by atoms with Gasteiger partial charge in [0.15, 0.2) is 5.78 Å². The van der Waals surface area contributed by atoms with Crippen molar-refractivity contribution >= 4 is 21.7 Å². The first-order valence-corrected chi connectivity index (χ1v) is 11.4. The number of carbonyl (C=O) groups excluding carboxylic acids is 1. The molecule has 27 heavy (non-hydrogen) atoms. The third-order valence-electron chi connectivity index (χ3n) is 4.89. The molecule has 3 nitrogen and oxygen atoms in total. The van der Waals surface area contributed by atoms with Gasteiger partial charge in [-0.1, -0.05) is 77.6 Å². The van der Waals surface area contributed by atoms with Crippen LogP contribution in [0, 0.1) is 0 Å². The van der Waals surface area contributed by atoms with E-state index in [4.69, 9.17) is 9.47 Å². The van der Waals surface area contributed by atoms with Crippen molar-refractivity contribution in [3.8, 4) is 11.5 Å². The summed E-state index contributed by atoms with van der Waals surface area (Å²) in [6.45, 7) is 4.47. The summed E-state index contributed by atoms with van der Waals surface area (Å²) in [5, 5.41) is 0. The number of hydrogen-bond donors (Lipinski definition) is 0. The summed E-state index contributed by atoms with van der Waals surface area (Å²) in [4.78, 5) is 11.8. The second-order valence-electron chi connectivity index (χ2n) is 7.28. The van der Waals surface area contributed by atoms with Gasteiger partial charge in [0.25, 0.3) is 0 Å². The van der Waals surface area contributed by atoms with Crippen molar-refractivity contribution < 1.29 is 14.3 Å². The van der Waals surface area contributed by atoms with E-state index in [9.17, 15) is 4.79 Å². The average molecular weight is 441 g/mol. The minimum Gasteiger partial charge on any atom is -0.495 e. The molecule has 1 rings (SSSR count). The zero-order valence-electron chi connectivity index (χ0n) is 17.4. The molecule has 4 heteroatoms. The highest BCUT2D eigenvalue weighted by Crippen LogP contribution is 2.33. The molecule has 0 N–H and O–H groups in total. The van der Waals surface area contributed by atoms with Crippen LogP contribution in [0.25, 0.3) is 0 Å². The molecular weight excluding hydrogens is 404 g/mol. The molecule has 0 aliphatic heterocycles.